The number of hydrogen-bond donors (Lipinski definition) is 0. The molecule has 2 aromatic carbocycles. The minimum atomic E-state index is 0.938. The van der Waals surface area contributed by atoms with Crippen LogP contribution in [0.5, 0.6) is 0 Å². The molecule has 0 unspecified atom stereocenters. The van der Waals surface area contributed by atoms with Gasteiger partial charge in [0.2, 0.25) is 5.58 Å². The number of nitrogens with zero attached hydrogens (tertiary/aromatic N) is 1. The molecule has 0 aliphatic carbocycles. The third kappa shape index (κ3) is 1.76. The summed E-state index contributed by atoms with van der Waals surface area (Å²) in [4.78, 5) is 0. The summed E-state index contributed by atoms with van der Waals surface area (Å²) < 4.78 is 8.28. The third-order valence-electron chi connectivity index (χ3n) is 4.07. The second kappa shape index (κ2) is 4.45. The van der Waals surface area contributed by atoms with Crippen molar-refractivity contribution in [3.05, 3.63) is 66.4 Å². The predicted molar refractivity (Wildman–Crippen MR) is 85.1 cm³/mol. The van der Waals surface area contributed by atoms with Crippen molar-refractivity contribution in [3.8, 4) is 11.3 Å². The van der Waals surface area contributed by atoms with Crippen molar-refractivity contribution < 1.29 is 8.98 Å². The first kappa shape index (κ1) is 12.2. The van der Waals surface area contributed by atoms with E-state index < -0.39 is 0 Å². The Morgan fingerprint density at radius 1 is 0.857 bits per heavy atom. The monoisotopic (exact) mass is 274 g/mol. The van der Waals surface area contributed by atoms with E-state index in [9.17, 15) is 0 Å². The molecule has 4 aromatic rings. The quantitative estimate of drug-likeness (QED) is 0.471. The number of aromatic nitrogens is 1. The molecule has 2 heterocycles. The van der Waals surface area contributed by atoms with E-state index in [0.717, 1.165) is 16.9 Å². The van der Waals surface area contributed by atoms with E-state index in [1.165, 1.54) is 21.9 Å². The van der Waals surface area contributed by atoms with Gasteiger partial charge in [0.25, 0.3) is 5.69 Å². The maximum Gasteiger partial charge on any atom is 0.256 e. The Morgan fingerprint density at radius 2 is 1.62 bits per heavy atom. The van der Waals surface area contributed by atoms with Gasteiger partial charge in [-0.2, -0.15) is 4.57 Å². The lowest BCUT2D eigenvalue weighted by atomic mass is 10.0. The molecule has 2 heteroatoms. The molecule has 0 aliphatic heterocycles. The lowest BCUT2D eigenvalue weighted by Crippen LogP contribution is -2.30. The summed E-state index contributed by atoms with van der Waals surface area (Å²) in [7, 11) is 2.06. The minimum absolute atomic E-state index is 0.938. The summed E-state index contributed by atoms with van der Waals surface area (Å²) >= 11 is 0. The molecule has 0 amide bonds. The molecular formula is C19H16NO+. The van der Waals surface area contributed by atoms with Crippen LogP contribution in [0.2, 0.25) is 0 Å². The molecule has 0 fully saturated rings. The minimum Gasteiger partial charge on any atom is -0.449 e. The van der Waals surface area contributed by atoms with Gasteiger partial charge in [-0.3, -0.25) is 0 Å². The Hall–Kier alpha value is -2.61. The van der Waals surface area contributed by atoms with E-state index >= 15 is 0 Å². The fourth-order valence-electron chi connectivity index (χ4n) is 2.98. The summed E-state index contributed by atoms with van der Waals surface area (Å²) in [6.07, 6.45) is 2.10. The van der Waals surface area contributed by atoms with Gasteiger partial charge < -0.3 is 4.42 Å². The summed E-state index contributed by atoms with van der Waals surface area (Å²) in [6, 6.07) is 18.8. The topological polar surface area (TPSA) is 17.0 Å². The Kier molecular flexibility index (Phi) is 2.58. The number of pyridine rings is 1. The van der Waals surface area contributed by atoms with E-state index in [1.807, 2.05) is 12.1 Å². The zero-order valence-electron chi connectivity index (χ0n) is 12.1. The van der Waals surface area contributed by atoms with Crippen molar-refractivity contribution in [2.45, 2.75) is 6.92 Å². The fraction of sp³-hybridized carbons (Fsp3) is 0.105. The molecule has 0 atom stereocenters. The van der Waals surface area contributed by atoms with Gasteiger partial charge in [0.15, 0.2) is 6.20 Å². The van der Waals surface area contributed by atoms with Gasteiger partial charge in [0.05, 0.1) is 5.56 Å². The molecule has 0 spiro atoms. The van der Waals surface area contributed by atoms with E-state index in [1.54, 1.807) is 0 Å². The van der Waals surface area contributed by atoms with Gasteiger partial charge >= 0.3 is 0 Å². The van der Waals surface area contributed by atoms with Crippen LogP contribution in [0.3, 0.4) is 0 Å². The number of furan rings is 1. The number of fused-ring (bicyclic) bond motifs is 3. The second-order valence-corrected chi connectivity index (χ2v) is 5.43. The van der Waals surface area contributed by atoms with Gasteiger partial charge in [0, 0.05) is 16.8 Å². The Labute approximate surface area is 123 Å². The first-order valence-electron chi connectivity index (χ1n) is 7.11. The van der Waals surface area contributed by atoms with Crippen LogP contribution in [0.15, 0.2) is 65.2 Å². The van der Waals surface area contributed by atoms with Gasteiger partial charge in [-0.15, -0.1) is 0 Å². The zero-order valence-corrected chi connectivity index (χ0v) is 12.1. The number of hydrogen-bond acceptors (Lipinski definition) is 1. The van der Waals surface area contributed by atoms with E-state index in [4.69, 9.17) is 4.42 Å². The summed E-state index contributed by atoms with van der Waals surface area (Å²) in [5.41, 5.74) is 5.48. The van der Waals surface area contributed by atoms with Crippen LogP contribution in [0.25, 0.3) is 33.2 Å². The molecule has 4 rings (SSSR count). The van der Waals surface area contributed by atoms with E-state index in [2.05, 4.69) is 67.2 Å². The Bertz CT molecular complexity index is 966. The maximum absolute atomic E-state index is 6.15. The largest absolute Gasteiger partial charge is 0.449 e. The van der Waals surface area contributed by atoms with Crippen LogP contribution in [-0.4, -0.2) is 0 Å². The van der Waals surface area contributed by atoms with Crippen LogP contribution in [-0.2, 0) is 7.05 Å². The lowest BCUT2D eigenvalue weighted by Gasteiger charge is -2.04. The molecule has 0 N–H and O–H groups in total. The SMILES string of the molecule is Cc1ccccc1-c1c2oc3ccccc3c2cc[n+]1C. The number of rotatable bonds is 1. The van der Waals surface area contributed by atoms with Crippen molar-refractivity contribution in [1.82, 2.24) is 0 Å². The average Bonchev–Trinajstić information content (AvgIpc) is 2.87. The van der Waals surface area contributed by atoms with Crippen molar-refractivity contribution in [2.75, 3.05) is 0 Å². The maximum atomic E-state index is 6.15. The highest BCUT2D eigenvalue weighted by Crippen LogP contribution is 2.34. The number of benzene rings is 2. The molecule has 102 valence electrons. The molecule has 0 radical (unpaired) electrons. The van der Waals surface area contributed by atoms with Gasteiger partial charge in [-0.05, 0) is 24.6 Å². The standard InChI is InChI=1S/C19H16NO/c1-13-7-3-4-8-14(13)18-19-16(11-12-20(18)2)15-9-5-6-10-17(15)21-19/h3-12H,1-2H3/q+1. The molecule has 0 aliphatic rings. The highest BCUT2D eigenvalue weighted by Gasteiger charge is 2.21. The number of para-hydroxylation sites is 1. The zero-order chi connectivity index (χ0) is 14.4. The fourth-order valence-corrected chi connectivity index (χ4v) is 2.98. The van der Waals surface area contributed by atoms with Crippen LogP contribution >= 0.6 is 0 Å². The van der Waals surface area contributed by atoms with Crippen molar-refractivity contribution >= 4 is 21.9 Å². The number of aryl methyl sites for hydroxylation is 2. The average molecular weight is 274 g/mol. The van der Waals surface area contributed by atoms with Crippen molar-refractivity contribution in [1.29, 1.82) is 0 Å². The molecule has 0 bridgehead atoms. The second-order valence-electron chi connectivity index (χ2n) is 5.43. The van der Waals surface area contributed by atoms with Crippen LogP contribution in [0, 0.1) is 6.92 Å². The van der Waals surface area contributed by atoms with Gasteiger partial charge in [-0.1, -0.05) is 36.4 Å². The third-order valence-corrected chi connectivity index (χ3v) is 4.07. The van der Waals surface area contributed by atoms with E-state index in [0.29, 0.717) is 0 Å². The molecular weight excluding hydrogens is 258 g/mol. The Morgan fingerprint density at radius 3 is 2.48 bits per heavy atom. The van der Waals surface area contributed by atoms with Crippen LogP contribution in [0.1, 0.15) is 5.56 Å². The molecule has 0 saturated heterocycles. The highest BCUT2D eigenvalue weighted by atomic mass is 16.3. The first-order chi connectivity index (χ1) is 10.3. The molecule has 21 heavy (non-hydrogen) atoms. The highest BCUT2D eigenvalue weighted by molar-refractivity contribution is 6.08. The Balaban J connectivity index is 2.18. The molecule has 0 saturated carbocycles. The van der Waals surface area contributed by atoms with Crippen LogP contribution < -0.4 is 4.57 Å². The molecule has 2 nitrogen and oxygen atoms in total. The van der Waals surface area contributed by atoms with Gasteiger partial charge in [0.1, 0.15) is 12.6 Å². The lowest BCUT2D eigenvalue weighted by molar-refractivity contribution is -0.659. The van der Waals surface area contributed by atoms with Crippen LogP contribution in [0.4, 0.5) is 0 Å². The van der Waals surface area contributed by atoms with Gasteiger partial charge in [-0.25, -0.2) is 0 Å². The smallest absolute Gasteiger partial charge is 0.256 e. The summed E-state index contributed by atoms with van der Waals surface area (Å²) in [5, 5.41) is 2.34. The summed E-state index contributed by atoms with van der Waals surface area (Å²) in [6.45, 7) is 2.14. The van der Waals surface area contributed by atoms with Crippen molar-refractivity contribution in [2.24, 2.45) is 7.05 Å². The first-order valence-corrected chi connectivity index (χ1v) is 7.11. The summed E-state index contributed by atoms with van der Waals surface area (Å²) in [5.74, 6) is 0. The predicted octanol–water partition coefficient (Wildman–Crippen LogP) is 4.39. The normalized spacial score (nSPS) is 11.3. The molecule has 2 aromatic heterocycles. The van der Waals surface area contributed by atoms with Crippen molar-refractivity contribution in [3.63, 3.8) is 0 Å². The van der Waals surface area contributed by atoms with E-state index in [-0.39, 0.29) is 0 Å².